The summed E-state index contributed by atoms with van der Waals surface area (Å²) in [7, 11) is 1.94. The number of aromatic nitrogens is 2. The second kappa shape index (κ2) is 8.55. The molecule has 23 heavy (non-hydrogen) atoms. The second-order valence-electron chi connectivity index (χ2n) is 5.09. The fraction of sp³-hybridized carbons (Fsp3) is 0.375. The van der Waals surface area contributed by atoms with E-state index in [0.717, 1.165) is 17.9 Å². The van der Waals surface area contributed by atoms with Crippen molar-refractivity contribution in [1.29, 1.82) is 0 Å². The van der Waals surface area contributed by atoms with Gasteiger partial charge in [-0.2, -0.15) is 9.97 Å². The first-order valence-electron chi connectivity index (χ1n) is 7.55. The van der Waals surface area contributed by atoms with E-state index in [1.165, 1.54) is 0 Å². The van der Waals surface area contributed by atoms with Gasteiger partial charge in [0, 0.05) is 37.8 Å². The molecule has 0 aliphatic rings. The zero-order valence-corrected chi connectivity index (χ0v) is 14.1. The quantitative estimate of drug-likeness (QED) is 0.688. The minimum absolute atomic E-state index is 0.0498. The molecule has 124 valence electrons. The zero-order chi connectivity index (χ0) is 16.7. The van der Waals surface area contributed by atoms with Crippen molar-refractivity contribution < 1.29 is 5.11 Å². The van der Waals surface area contributed by atoms with Gasteiger partial charge in [0.25, 0.3) is 0 Å². The number of anilines is 3. The van der Waals surface area contributed by atoms with E-state index in [0.29, 0.717) is 29.9 Å². The van der Waals surface area contributed by atoms with Crippen LogP contribution in [0.15, 0.2) is 30.3 Å². The molecule has 6 nitrogen and oxygen atoms in total. The molecular weight excluding hydrogens is 314 g/mol. The Balaban J connectivity index is 2.15. The van der Waals surface area contributed by atoms with Gasteiger partial charge in [0.2, 0.25) is 5.95 Å². The number of rotatable bonds is 8. The van der Waals surface area contributed by atoms with E-state index in [1.54, 1.807) is 0 Å². The van der Waals surface area contributed by atoms with Gasteiger partial charge in [0.15, 0.2) is 0 Å². The largest absolute Gasteiger partial charge is 0.395 e. The van der Waals surface area contributed by atoms with E-state index >= 15 is 0 Å². The Bertz CT molecular complexity index is 638. The summed E-state index contributed by atoms with van der Waals surface area (Å²) in [5.41, 5.74) is 1.08. The highest BCUT2D eigenvalue weighted by Gasteiger charge is 2.08. The van der Waals surface area contributed by atoms with Crippen LogP contribution in [0.1, 0.15) is 12.5 Å². The first-order valence-corrected chi connectivity index (χ1v) is 7.93. The Morgan fingerprint density at radius 2 is 1.91 bits per heavy atom. The molecule has 0 aliphatic carbocycles. The number of aliphatic hydroxyl groups is 1. The predicted octanol–water partition coefficient (Wildman–Crippen LogP) is 2.60. The molecule has 0 aliphatic heterocycles. The first-order chi connectivity index (χ1) is 11.1. The third-order valence-electron chi connectivity index (χ3n) is 3.31. The summed E-state index contributed by atoms with van der Waals surface area (Å²) in [4.78, 5) is 10.9. The molecule has 0 saturated carbocycles. The van der Waals surface area contributed by atoms with Gasteiger partial charge in [-0.3, -0.25) is 0 Å². The second-order valence-corrected chi connectivity index (χ2v) is 5.52. The van der Waals surface area contributed by atoms with Crippen LogP contribution in [-0.4, -0.2) is 41.8 Å². The maximum Gasteiger partial charge on any atom is 0.228 e. The molecule has 0 saturated heterocycles. The summed E-state index contributed by atoms with van der Waals surface area (Å²) in [5, 5.41) is 16.0. The number of benzene rings is 1. The Labute approximate surface area is 141 Å². The predicted molar refractivity (Wildman–Crippen MR) is 95.3 cm³/mol. The van der Waals surface area contributed by atoms with E-state index in [4.69, 9.17) is 16.7 Å². The van der Waals surface area contributed by atoms with Crippen LogP contribution in [-0.2, 0) is 6.54 Å². The third kappa shape index (κ3) is 5.26. The van der Waals surface area contributed by atoms with Crippen molar-refractivity contribution >= 4 is 29.2 Å². The molecule has 0 bridgehead atoms. The van der Waals surface area contributed by atoms with Crippen LogP contribution in [0.5, 0.6) is 0 Å². The highest BCUT2D eigenvalue weighted by atomic mass is 35.5. The highest BCUT2D eigenvalue weighted by molar-refractivity contribution is 6.30. The minimum atomic E-state index is 0.0498. The normalized spacial score (nSPS) is 10.4. The van der Waals surface area contributed by atoms with E-state index in [9.17, 15) is 0 Å². The lowest BCUT2D eigenvalue weighted by molar-refractivity contribution is 0.311. The molecule has 0 radical (unpaired) electrons. The van der Waals surface area contributed by atoms with Crippen molar-refractivity contribution in [3.05, 3.63) is 40.9 Å². The van der Waals surface area contributed by atoms with Gasteiger partial charge in [-0.1, -0.05) is 23.7 Å². The van der Waals surface area contributed by atoms with Crippen molar-refractivity contribution in [2.75, 3.05) is 42.3 Å². The van der Waals surface area contributed by atoms with Crippen molar-refractivity contribution in [3.63, 3.8) is 0 Å². The zero-order valence-electron chi connectivity index (χ0n) is 13.4. The van der Waals surface area contributed by atoms with Crippen LogP contribution in [0.4, 0.5) is 17.6 Å². The van der Waals surface area contributed by atoms with Gasteiger partial charge in [0.1, 0.15) is 11.6 Å². The number of nitrogens with zero attached hydrogens (tertiary/aromatic N) is 3. The maximum absolute atomic E-state index is 8.96. The van der Waals surface area contributed by atoms with Crippen molar-refractivity contribution in [3.8, 4) is 0 Å². The molecular formula is C16H22ClN5O. The van der Waals surface area contributed by atoms with Gasteiger partial charge in [-0.05, 0) is 24.6 Å². The Kier molecular flexibility index (Phi) is 6.43. The van der Waals surface area contributed by atoms with E-state index in [-0.39, 0.29) is 6.61 Å². The topological polar surface area (TPSA) is 73.3 Å². The monoisotopic (exact) mass is 335 g/mol. The summed E-state index contributed by atoms with van der Waals surface area (Å²) in [6.45, 7) is 3.95. The lowest BCUT2D eigenvalue weighted by Crippen LogP contribution is -2.20. The van der Waals surface area contributed by atoms with Gasteiger partial charge in [-0.15, -0.1) is 0 Å². The first kappa shape index (κ1) is 17.3. The molecule has 0 atom stereocenters. The fourth-order valence-corrected chi connectivity index (χ4v) is 2.16. The molecule has 0 spiro atoms. The molecule has 1 aromatic heterocycles. The van der Waals surface area contributed by atoms with Crippen molar-refractivity contribution in [2.24, 2.45) is 0 Å². The molecule has 1 heterocycles. The molecule has 3 N–H and O–H groups in total. The number of aliphatic hydroxyl groups excluding tert-OH is 1. The standard InChI is InChI=1S/C16H22ClN5O/c1-3-22(2)16-20-14(18-7-8-23)10-15(21-16)19-11-12-5-4-6-13(17)9-12/h4-6,9-10,23H,3,7-8,11H2,1-2H3,(H2,18,19,20,21). The molecule has 0 unspecified atom stereocenters. The van der Waals surface area contributed by atoms with Crippen LogP contribution < -0.4 is 15.5 Å². The lowest BCUT2D eigenvalue weighted by atomic mass is 10.2. The SMILES string of the molecule is CCN(C)c1nc(NCCO)cc(NCc2cccc(Cl)c2)n1. The molecule has 0 amide bonds. The van der Waals surface area contributed by atoms with Crippen LogP contribution in [0, 0.1) is 0 Å². The molecule has 2 aromatic rings. The van der Waals surface area contributed by atoms with Gasteiger partial charge >= 0.3 is 0 Å². The Morgan fingerprint density at radius 3 is 2.57 bits per heavy atom. The van der Waals surface area contributed by atoms with E-state index in [2.05, 4.69) is 20.6 Å². The maximum atomic E-state index is 8.96. The van der Waals surface area contributed by atoms with E-state index < -0.39 is 0 Å². The number of halogens is 1. The number of hydrogen-bond donors (Lipinski definition) is 3. The molecule has 7 heteroatoms. The third-order valence-corrected chi connectivity index (χ3v) is 3.55. The summed E-state index contributed by atoms with van der Waals surface area (Å²) in [6, 6.07) is 9.52. The van der Waals surface area contributed by atoms with Crippen molar-refractivity contribution in [2.45, 2.75) is 13.5 Å². The van der Waals surface area contributed by atoms with Crippen LogP contribution in [0.2, 0.25) is 5.02 Å². The smallest absolute Gasteiger partial charge is 0.228 e. The lowest BCUT2D eigenvalue weighted by Gasteiger charge is -2.17. The molecule has 2 rings (SSSR count). The Morgan fingerprint density at radius 1 is 1.17 bits per heavy atom. The number of hydrogen-bond acceptors (Lipinski definition) is 6. The van der Waals surface area contributed by atoms with Gasteiger partial charge in [0.05, 0.1) is 6.61 Å². The fourth-order valence-electron chi connectivity index (χ4n) is 1.95. The summed E-state index contributed by atoms with van der Waals surface area (Å²) in [5.74, 6) is 2.03. The minimum Gasteiger partial charge on any atom is -0.395 e. The Hall–Kier alpha value is -2.05. The van der Waals surface area contributed by atoms with Gasteiger partial charge in [-0.25, -0.2) is 0 Å². The average Bonchev–Trinajstić information content (AvgIpc) is 2.57. The van der Waals surface area contributed by atoms with Crippen LogP contribution in [0.3, 0.4) is 0 Å². The van der Waals surface area contributed by atoms with Crippen LogP contribution in [0.25, 0.3) is 0 Å². The number of nitrogens with one attached hydrogen (secondary N) is 2. The molecule has 1 aromatic carbocycles. The van der Waals surface area contributed by atoms with Crippen molar-refractivity contribution in [1.82, 2.24) is 9.97 Å². The summed E-state index contributed by atoms with van der Waals surface area (Å²) in [6.07, 6.45) is 0. The van der Waals surface area contributed by atoms with E-state index in [1.807, 2.05) is 49.2 Å². The molecule has 0 fully saturated rings. The van der Waals surface area contributed by atoms with Gasteiger partial charge < -0.3 is 20.6 Å². The average molecular weight is 336 g/mol. The summed E-state index contributed by atoms with van der Waals surface area (Å²) < 4.78 is 0. The highest BCUT2D eigenvalue weighted by Crippen LogP contribution is 2.18. The van der Waals surface area contributed by atoms with Crippen LogP contribution >= 0.6 is 11.6 Å². The summed E-state index contributed by atoms with van der Waals surface area (Å²) >= 11 is 6.00.